The number of aryl methyl sites for hydroxylation is 1. The zero-order valence-electron chi connectivity index (χ0n) is 18.3. The molecule has 0 saturated carbocycles. The Morgan fingerprint density at radius 3 is 2.78 bits per heavy atom. The summed E-state index contributed by atoms with van der Waals surface area (Å²) in [6, 6.07) is 12.7. The molecule has 1 amide bonds. The average molecular weight is 432 g/mol. The molecule has 3 heterocycles. The first-order chi connectivity index (χ1) is 15.5. The minimum atomic E-state index is -0.258. The van der Waals surface area contributed by atoms with E-state index in [0.717, 1.165) is 59.5 Å². The zero-order valence-corrected chi connectivity index (χ0v) is 18.3. The Hall–Kier alpha value is -3.41. The number of amides is 1. The number of hydrogen-bond acceptors (Lipinski definition) is 3. The quantitative estimate of drug-likeness (QED) is 0.531. The molecule has 0 N–H and O–H groups in total. The third-order valence-corrected chi connectivity index (χ3v) is 6.53. The van der Waals surface area contributed by atoms with Gasteiger partial charge in [0.15, 0.2) is 0 Å². The number of hydrogen-bond donors (Lipinski definition) is 0. The van der Waals surface area contributed by atoms with Crippen molar-refractivity contribution in [2.75, 3.05) is 7.11 Å². The highest BCUT2D eigenvalue weighted by Gasteiger charge is 2.41. The summed E-state index contributed by atoms with van der Waals surface area (Å²) in [5.41, 5.74) is 4.42. The number of carbonyl (C=O) groups is 1. The fraction of sp³-hybridized carbons (Fsp3) is 0.308. The number of nitrogens with zero attached hydrogens (tertiary/aromatic N) is 3. The van der Waals surface area contributed by atoms with Gasteiger partial charge in [0.25, 0.3) is 5.91 Å². The first kappa shape index (κ1) is 20.5. The lowest BCUT2D eigenvalue weighted by Gasteiger charge is -2.35. The number of piperidine rings is 1. The highest BCUT2D eigenvalue weighted by Crippen LogP contribution is 2.42. The van der Waals surface area contributed by atoms with Crippen molar-refractivity contribution < 1.29 is 13.9 Å². The smallest absolute Gasteiger partial charge is 0.250 e. The van der Waals surface area contributed by atoms with Crippen molar-refractivity contribution in [3.05, 3.63) is 83.2 Å². The van der Waals surface area contributed by atoms with Gasteiger partial charge in [-0.1, -0.05) is 18.2 Å². The Labute approximate surface area is 187 Å². The van der Waals surface area contributed by atoms with E-state index >= 15 is 0 Å². The zero-order chi connectivity index (χ0) is 22.2. The molecule has 0 radical (unpaired) electrons. The Morgan fingerprint density at radius 1 is 1.16 bits per heavy atom. The van der Waals surface area contributed by atoms with Gasteiger partial charge in [0, 0.05) is 17.8 Å². The summed E-state index contributed by atoms with van der Waals surface area (Å²) >= 11 is 0. The number of rotatable bonds is 4. The van der Waals surface area contributed by atoms with Gasteiger partial charge in [0.1, 0.15) is 11.6 Å². The van der Waals surface area contributed by atoms with Gasteiger partial charge in [-0.05, 0) is 74.1 Å². The SMILES string of the molecule is COc1cc(/C=C2\CCC3CCC(c4cccc(F)c4)N3C2=O)ccc1-n1cnc(C)c1. The lowest BCUT2D eigenvalue weighted by atomic mass is 9.95. The van der Waals surface area contributed by atoms with E-state index < -0.39 is 0 Å². The highest BCUT2D eigenvalue weighted by atomic mass is 19.1. The molecule has 3 aromatic rings. The number of aromatic nitrogens is 2. The number of fused-ring (bicyclic) bond motifs is 1. The second-order valence-electron chi connectivity index (χ2n) is 8.58. The van der Waals surface area contributed by atoms with E-state index in [1.807, 2.05) is 52.9 Å². The first-order valence-electron chi connectivity index (χ1n) is 11.0. The van der Waals surface area contributed by atoms with Gasteiger partial charge in [-0.3, -0.25) is 4.79 Å². The molecule has 1 aromatic heterocycles. The Kier molecular flexibility index (Phi) is 5.29. The summed E-state index contributed by atoms with van der Waals surface area (Å²) in [5, 5.41) is 0. The summed E-state index contributed by atoms with van der Waals surface area (Å²) in [7, 11) is 1.64. The van der Waals surface area contributed by atoms with Crippen LogP contribution in [0.2, 0.25) is 0 Å². The second-order valence-corrected chi connectivity index (χ2v) is 8.58. The standard InChI is InChI=1S/C26H26FN3O2/c1-17-15-29(16-28-17)24-10-6-18(13-25(24)32-2)12-20-7-8-22-9-11-23(30(22)26(20)31)19-4-3-5-21(27)14-19/h3-6,10,12-16,22-23H,7-9,11H2,1-2H3/b20-12+. The maximum Gasteiger partial charge on any atom is 0.250 e. The highest BCUT2D eigenvalue weighted by molar-refractivity contribution is 5.99. The minimum Gasteiger partial charge on any atom is -0.495 e. The number of imidazole rings is 1. The topological polar surface area (TPSA) is 47.4 Å². The van der Waals surface area contributed by atoms with Crippen LogP contribution in [0.25, 0.3) is 11.8 Å². The third kappa shape index (κ3) is 3.70. The van der Waals surface area contributed by atoms with Crippen molar-refractivity contribution >= 4 is 12.0 Å². The van der Waals surface area contributed by atoms with Crippen LogP contribution in [0.3, 0.4) is 0 Å². The maximum absolute atomic E-state index is 13.8. The molecule has 2 atom stereocenters. The monoisotopic (exact) mass is 431 g/mol. The van der Waals surface area contributed by atoms with Crippen LogP contribution < -0.4 is 4.74 Å². The molecule has 6 heteroatoms. The molecule has 32 heavy (non-hydrogen) atoms. The van der Waals surface area contributed by atoms with E-state index in [1.165, 1.54) is 6.07 Å². The molecule has 0 spiro atoms. The average Bonchev–Trinajstić information content (AvgIpc) is 3.42. The lowest BCUT2D eigenvalue weighted by Crippen LogP contribution is -2.41. The van der Waals surface area contributed by atoms with Crippen LogP contribution in [0, 0.1) is 12.7 Å². The fourth-order valence-corrected chi connectivity index (χ4v) is 5.00. The Morgan fingerprint density at radius 2 is 2.03 bits per heavy atom. The van der Waals surface area contributed by atoms with Crippen molar-refractivity contribution in [2.24, 2.45) is 0 Å². The number of ether oxygens (including phenoxy) is 1. The summed E-state index contributed by atoms with van der Waals surface area (Å²) in [5.74, 6) is 0.518. The summed E-state index contributed by atoms with van der Waals surface area (Å²) in [6.07, 6.45) is 9.20. The van der Waals surface area contributed by atoms with Crippen LogP contribution >= 0.6 is 0 Å². The molecular formula is C26H26FN3O2. The van der Waals surface area contributed by atoms with Crippen molar-refractivity contribution in [1.29, 1.82) is 0 Å². The molecule has 2 saturated heterocycles. The van der Waals surface area contributed by atoms with E-state index in [2.05, 4.69) is 4.98 Å². The summed E-state index contributed by atoms with van der Waals surface area (Å²) < 4.78 is 21.3. The Balaban J connectivity index is 1.44. The first-order valence-corrected chi connectivity index (χ1v) is 11.0. The van der Waals surface area contributed by atoms with Gasteiger partial charge < -0.3 is 14.2 Å². The summed E-state index contributed by atoms with van der Waals surface area (Å²) in [6.45, 7) is 1.94. The van der Waals surface area contributed by atoms with E-state index in [4.69, 9.17) is 4.74 Å². The molecule has 2 fully saturated rings. The van der Waals surface area contributed by atoms with Gasteiger partial charge in [-0.15, -0.1) is 0 Å². The van der Waals surface area contributed by atoms with Crippen molar-refractivity contribution in [2.45, 2.75) is 44.7 Å². The largest absolute Gasteiger partial charge is 0.495 e. The van der Waals surface area contributed by atoms with E-state index in [0.29, 0.717) is 0 Å². The van der Waals surface area contributed by atoms with Crippen LogP contribution in [0.5, 0.6) is 5.75 Å². The van der Waals surface area contributed by atoms with E-state index in [1.54, 1.807) is 25.6 Å². The van der Waals surface area contributed by atoms with Gasteiger partial charge >= 0.3 is 0 Å². The molecular weight excluding hydrogens is 405 g/mol. The molecule has 5 rings (SSSR count). The van der Waals surface area contributed by atoms with Gasteiger partial charge in [0.2, 0.25) is 0 Å². The molecule has 2 aromatic carbocycles. The van der Waals surface area contributed by atoms with E-state index in [9.17, 15) is 9.18 Å². The van der Waals surface area contributed by atoms with Crippen LogP contribution in [-0.2, 0) is 4.79 Å². The number of methoxy groups -OCH3 is 1. The van der Waals surface area contributed by atoms with Crippen LogP contribution in [0.4, 0.5) is 4.39 Å². The third-order valence-electron chi connectivity index (χ3n) is 6.53. The molecule has 0 aliphatic carbocycles. The van der Waals surface area contributed by atoms with E-state index in [-0.39, 0.29) is 23.8 Å². The molecule has 164 valence electrons. The minimum absolute atomic E-state index is 0.0567. The molecule has 2 unspecified atom stereocenters. The van der Waals surface area contributed by atoms with Gasteiger partial charge in [0.05, 0.1) is 30.9 Å². The van der Waals surface area contributed by atoms with Crippen LogP contribution in [0.1, 0.15) is 48.5 Å². The van der Waals surface area contributed by atoms with Crippen molar-refractivity contribution in [3.8, 4) is 11.4 Å². The number of halogens is 1. The van der Waals surface area contributed by atoms with Crippen molar-refractivity contribution in [1.82, 2.24) is 14.5 Å². The number of carbonyl (C=O) groups excluding carboxylic acids is 1. The van der Waals surface area contributed by atoms with Gasteiger partial charge in [-0.25, -0.2) is 9.37 Å². The predicted octanol–water partition coefficient (Wildman–Crippen LogP) is 5.24. The predicted molar refractivity (Wildman–Crippen MR) is 121 cm³/mol. The normalized spacial score (nSPS) is 21.8. The molecule has 5 nitrogen and oxygen atoms in total. The Bertz CT molecular complexity index is 1200. The van der Waals surface area contributed by atoms with Crippen LogP contribution in [-0.4, -0.2) is 33.5 Å². The lowest BCUT2D eigenvalue weighted by molar-refractivity contribution is -0.131. The summed E-state index contributed by atoms with van der Waals surface area (Å²) in [4.78, 5) is 19.7. The van der Waals surface area contributed by atoms with Crippen molar-refractivity contribution in [3.63, 3.8) is 0 Å². The molecule has 0 bridgehead atoms. The second kappa shape index (κ2) is 8.26. The number of benzene rings is 2. The fourth-order valence-electron chi connectivity index (χ4n) is 5.00. The maximum atomic E-state index is 13.8. The van der Waals surface area contributed by atoms with Gasteiger partial charge in [-0.2, -0.15) is 0 Å². The molecule has 2 aliphatic rings. The molecule has 2 aliphatic heterocycles. The van der Waals surface area contributed by atoms with Crippen LogP contribution in [0.15, 0.2) is 60.6 Å².